The van der Waals surface area contributed by atoms with Gasteiger partial charge in [0.05, 0.1) is 29.0 Å². The molecule has 9 nitrogen and oxygen atoms in total. The van der Waals surface area contributed by atoms with Gasteiger partial charge in [0.15, 0.2) is 17.1 Å². The van der Waals surface area contributed by atoms with Gasteiger partial charge < -0.3 is 29.2 Å². The van der Waals surface area contributed by atoms with Crippen LogP contribution in [0.15, 0.2) is 23.0 Å². The quantitative estimate of drug-likeness (QED) is 0.291. The number of nitrogens with one attached hydrogen (secondary N) is 1. The third-order valence-corrected chi connectivity index (χ3v) is 7.73. The number of fused-ring (bicyclic) bond motifs is 6. The number of nitrogens with zero attached hydrogens (tertiary/aromatic N) is 2. The maximum absolute atomic E-state index is 13.6. The van der Waals surface area contributed by atoms with Crippen molar-refractivity contribution >= 4 is 16.9 Å². The van der Waals surface area contributed by atoms with E-state index < -0.39 is 11.6 Å². The zero-order valence-electron chi connectivity index (χ0n) is 21.2. The average Bonchev–Trinajstić information content (AvgIpc) is 3.28. The summed E-state index contributed by atoms with van der Waals surface area (Å²) >= 11 is 0. The van der Waals surface area contributed by atoms with E-state index in [1.165, 1.54) is 0 Å². The van der Waals surface area contributed by atoms with Crippen LogP contribution in [-0.2, 0) is 34.7 Å². The first-order valence-electron chi connectivity index (χ1n) is 13.1. The van der Waals surface area contributed by atoms with Gasteiger partial charge in [-0.1, -0.05) is 20.3 Å². The molecule has 3 aromatic rings. The van der Waals surface area contributed by atoms with Crippen molar-refractivity contribution in [3.63, 3.8) is 0 Å². The summed E-state index contributed by atoms with van der Waals surface area (Å²) in [6, 6.07) is 5.65. The van der Waals surface area contributed by atoms with Gasteiger partial charge in [-0.25, -0.2) is 9.78 Å². The summed E-state index contributed by atoms with van der Waals surface area (Å²) in [5.74, 6) is 0.633. The van der Waals surface area contributed by atoms with E-state index in [-0.39, 0.29) is 18.6 Å². The van der Waals surface area contributed by atoms with Gasteiger partial charge in [0, 0.05) is 22.6 Å². The third-order valence-electron chi connectivity index (χ3n) is 7.73. The van der Waals surface area contributed by atoms with Gasteiger partial charge in [-0.15, -0.1) is 0 Å². The Bertz CT molecular complexity index is 1480. The molecule has 9 heteroatoms. The molecule has 2 aromatic heterocycles. The van der Waals surface area contributed by atoms with E-state index in [0.29, 0.717) is 53.8 Å². The number of carbonyl (C=O) groups excluding carboxylic acids is 1. The molecule has 0 amide bonds. The van der Waals surface area contributed by atoms with Gasteiger partial charge in [-0.2, -0.15) is 0 Å². The maximum Gasteiger partial charge on any atom is 0.343 e. The van der Waals surface area contributed by atoms with Crippen LogP contribution in [-0.4, -0.2) is 46.9 Å². The van der Waals surface area contributed by atoms with E-state index in [1.807, 2.05) is 12.1 Å². The summed E-state index contributed by atoms with van der Waals surface area (Å²) in [6.07, 6.45) is 3.11. The van der Waals surface area contributed by atoms with Gasteiger partial charge >= 0.3 is 5.97 Å². The highest BCUT2D eigenvalue weighted by Crippen LogP contribution is 2.42. The molecule has 3 aliphatic heterocycles. The van der Waals surface area contributed by atoms with E-state index in [4.69, 9.17) is 19.2 Å². The number of cyclic esters (lactones) is 1. The summed E-state index contributed by atoms with van der Waals surface area (Å²) in [5, 5.41) is 15.7. The fourth-order valence-corrected chi connectivity index (χ4v) is 5.62. The van der Waals surface area contributed by atoms with Crippen LogP contribution in [0, 0.1) is 0 Å². The van der Waals surface area contributed by atoms with Crippen LogP contribution in [0.3, 0.4) is 0 Å². The highest BCUT2D eigenvalue weighted by atomic mass is 16.6. The molecule has 0 saturated carbocycles. The Kier molecular flexibility index (Phi) is 5.92. The van der Waals surface area contributed by atoms with Crippen molar-refractivity contribution in [2.75, 3.05) is 26.3 Å². The van der Waals surface area contributed by atoms with Gasteiger partial charge in [0.2, 0.25) is 0 Å². The zero-order chi connectivity index (χ0) is 25.7. The Labute approximate surface area is 214 Å². The molecule has 0 spiro atoms. The number of carbonyl (C=O) groups is 1. The number of aliphatic hydroxyl groups is 1. The van der Waals surface area contributed by atoms with Crippen molar-refractivity contribution in [1.82, 2.24) is 14.9 Å². The number of pyridine rings is 2. The average molecular weight is 506 g/mol. The lowest BCUT2D eigenvalue weighted by Gasteiger charge is -2.31. The molecule has 3 aliphatic rings. The number of hydrogen-bond donors (Lipinski definition) is 2. The lowest BCUT2D eigenvalue weighted by molar-refractivity contribution is -0.172. The normalized spacial score (nSPS) is 19.4. The summed E-state index contributed by atoms with van der Waals surface area (Å²) < 4.78 is 18.6. The maximum atomic E-state index is 13.6. The minimum Gasteiger partial charge on any atom is -0.486 e. The van der Waals surface area contributed by atoms with E-state index in [2.05, 4.69) is 12.2 Å². The number of rotatable bonds is 7. The topological polar surface area (TPSA) is 112 Å². The second-order valence-electron chi connectivity index (χ2n) is 9.89. The van der Waals surface area contributed by atoms with Crippen molar-refractivity contribution in [3.8, 4) is 22.9 Å². The molecule has 0 aliphatic carbocycles. The smallest absolute Gasteiger partial charge is 0.343 e. The molecule has 1 atom stereocenters. The number of aromatic nitrogens is 2. The molecule has 194 valence electrons. The Morgan fingerprint density at radius 1 is 1.05 bits per heavy atom. The van der Waals surface area contributed by atoms with Crippen LogP contribution >= 0.6 is 0 Å². The summed E-state index contributed by atoms with van der Waals surface area (Å²) in [5.41, 5.74) is 2.70. The van der Waals surface area contributed by atoms with Gasteiger partial charge in [0.1, 0.15) is 19.8 Å². The van der Waals surface area contributed by atoms with Crippen molar-refractivity contribution in [2.24, 2.45) is 0 Å². The van der Waals surface area contributed by atoms with Crippen LogP contribution < -0.4 is 20.3 Å². The van der Waals surface area contributed by atoms with Crippen LogP contribution in [0.25, 0.3) is 22.3 Å². The van der Waals surface area contributed by atoms with Gasteiger partial charge in [0.25, 0.3) is 5.56 Å². The SMILES string of the molecule is CCCCNCCc1c2c(nc3cc4c(cc13)OCCO4)-c1cc3c(c(=O)n1C2)COC(=O)[C@]3(O)CC. The Balaban J connectivity index is 1.53. The summed E-state index contributed by atoms with van der Waals surface area (Å²) in [7, 11) is 0. The first-order valence-corrected chi connectivity index (χ1v) is 13.1. The lowest BCUT2D eigenvalue weighted by Crippen LogP contribution is -2.44. The number of hydrogen-bond acceptors (Lipinski definition) is 8. The van der Waals surface area contributed by atoms with Crippen LogP contribution in [0.2, 0.25) is 0 Å². The fourth-order valence-electron chi connectivity index (χ4n) is 5.62. The fraction of sp³-hybridized carbons (Fsp3) is 0.464. The summed E-state index contributed by atoms with van der Waals surface area (Å²) in [4.78, 5) is 31.1. The highest BCUT2D eigenvalue weighted by molar-refractivity contribution is 5.91. The number of benzene rings is 1. The molecule has 0 unspecified atom stereocenters. The molecule has 0 radical (unpaired) electrons. The summed E-state index contributed by atoms with van der Waals surface area (Å²) in [6.45, 7) is 6.82. The second kappa shape index (κ2) is 9.15. The molecule has 0 bridgehead atoms. The predicted molar refractivity (Wildman–Crippen MR) is 137 cm³/mol. The number of ether oxygens (including phenoxy) is 3. The standard InChI is InChI=1S/C28H31N3O6/c1-3-5-7-29-8-6-16-17-11-23-24(36-10-9-35-23)13-21(17)30-25-18(16)14-31-22(25)12-20-19(26(31)32)15-37-27(33)28(20,34)4-2/h11-13,29,34H,3-10,14-15H2,1-2H3/t28-/m0/s1. The molecule has 37 heavy (non-hydrogen) atoms. The largest absolute Gasteiger partial charge is 0.486 e. The minimum absolute atomic E-state index is 0.109. The van der Waals surface area contributed by atoms with Crippen LogP contribution in [0.1, 0.15) is 55.4 Å². The van der Waals surface area contributed by atoms with Gasteiger partial charge in [-0.3, -0.25) is 4.79 Å². The van der Waals surface area contributed by atoms with Crippen molar-refractivity contribution in [1.29, 1.82) is 0 Å². The monoisotopic (exact) mass is 505 g/mol. The molecule has 1 aromatic carbocycles. The van der Waals surface area contributed by atoms with E-state index in [9.17, 15) is 14.7 Å². The first-order chi connectivity index (χ1) is 18.0. The highest BCUT2D eigenvalue weighted by Gasteiger charge is 2.45. The molecular formula is C28H31N3O6. The Hall–Kier alpha value is -3.43. The first kappa shape index (κ1) is 23.9. The lowest BCUT2D eigenvalue weighted by atomic mass is 9.86. The molecule has 6 rings (SSSR count). The Morgan fingerprint density at radius 3 is 2.59 bits per heavy atom. The van der Waals surface area contributed by atoms with Crippen molar-refractivity contribution in [3.05, 3.63) is 50.8 Å². The Morgan fingerprint density at radius 2 is 1.84 bits per heavy atom. The molecule has 5 heterocycles. The molecule has 0 fully saturated rings. The van der Waals surface area contributed by atoms with E-state index in [0.717, 1.165) is 54.4 Å². The molecule has 2 N–H and O–H groups in total. The number of unbranched alkanes of at least 4 members (excludes halogenated alkanes) is 1. The zero-order valence-corrected chi connectivity index (χ0v) is 21.2. The van der Waals surface area contributed by atoms with Crippen LogP contribution in [0.4, 0.5) is 0 Å². The van der Waals surface area contributed by atoms with Crippen LogP contribution in [0.5, 0.6) is 11.5 Å². The third kappa shape index (κ3) is 3.71. The van der Waals surface area contributed by atoms with E-state index >= 15 is 0 Å². The molecular weight excluding hydrogens is 474 g/mol. The van der Waals surface area contributed by atoms with E-state index in [1.54, 1.807) is 17.6 Å². The van der Waals surface area contributed by atoms with Crippen molar-refractivity contribution in [2.45, 2.75) is 58.3 Å². The molecule has 0 saturated heterocycles. The van der Waals surface area contributed by atoms with Crippen molar-refractivity contribution < 1.29 is 24.1 Å². The second-order valence-corrected chi connectivity index (χ2v) is 9.89. The number of esters is 1. The van der Waals surface area contributed by atoms with Gasteiger partial charge in [-0.05, 0) is 50.0 Å². The minimum atomic E-state index is -1.85. The predicted octanol–water partition coefficient (Wildman–Crippen LogP) is 2.78.